The molecular weight excluding hydrogens is 278 g/mol. The fourth-order valence-electron chi connectivity index (χ4n) is 2.26. The molecule has 2 rings (SSSR count). The molecule has 0 bridgehead atoms. The van der Waals surface area contributed by atoms with E-state index in [4.69, 9.17) is 9.47 Å². The molecule has 0 radical (unpaired) electrons. The lowest BCUT2D eigenvalue weighted by Gasteiger charge is -2.11. The van der Waals surface area contributed by atoms with Gasteiger partial charge in [0.1, 0.15) is 18.1 Å². The Morgan fingerprint density at radius 1 is 1.25 bits per heavy atom. The standard InChI is InChI=1S/C14H21NO4S/c1-18-12-4-6-13(7-5-12)19-9-8-15-11-14-3-2-10-20(14,16)17/h4-7,14-15H,2-3,8-11H2,1H3. The Morgan fingerprint density at radius 3 is 2.55 bits per heavy atom. The quantitative estimate of drug-likeness (QED) is 0.768. The molecule has 1 unspecified atom stereocenters. The molecule has 0 amide bonds. The van der Waals surface area contributed by atoms with Gasteiger partial charge in [-0.3, -0.25) is 0 Å². The summed E-state index contributed by atoms with van der Waals surface area (Å²) in [6.45, 7) is 1.67. The lowest BCUT2D eigenvalue weighted by atomic mass is 10.2. The zero-order valence-corrected chi connectivity index (χ0v) is 12.5. The Bertz CT molecular complexity index is 512. The Kier molecular flexibility index (Phi) is 5.25. The molecule has 5 nitrogen and oxygen atoms in total. The van der Waals surface area contributed by atoms with E-state index in [0.717, 1.165) is 24.3 Å². The number of hydrogen-bond acceptors (Lipinski definition) is 5. The molecule has 1 saturated heterocycles. The SMILES string of the molecule is COc1ccc(OCCNCC2CCCS2(=O)=O)cc1. The van der Waals surface area contributed by atoms with E-state index in [9.17, 15) is 8.42 Å². The normalized spacial score (nSPS) is 20.8. The number of benzene rings is 1. The van der Waals surface area contributed by atoms with Crippen LogP contribution in [0.5, 0.6) is 11.5 Å². The summed E-state index contributed by atoms with van der Waals surface area (Å²) in [6, 6.07) is 7.38. The molecule has 0 aliphatic carbocycles. The zero-order chi connectivity index (χ0) is 14.4. The van der Waals surface area contributed by atoms with Gasteiger partial charge in [0.25, 0.3) is 0 Å². The largest absolute Gasteiger partial charge is 0.497 e. The van der Waals surface area contributed by atoms with E-state index >= 15 is 0 Å². The first-order chi connectivity index (χ1) is 9.62. The Labute approximate surface area is 120 Å². The van der Waals surface area contributed by atoms with Crippen LogP contribution in [-0.2, 0) is 9.84 Å². The van der Waals surface area contributed by atoms with E-state index in [1.54, 1.807) is 7.11 Å². The number of methoxy groups -OCH3 is 1. The molecule has 1 aliphatic rings. The van der Waals surface area contributed by atoms with Gasteiger partial charge in [0, 0.05) is 13.1 Å². The lowest BCUT2D eigenvalue weighted by Crippen LogP contribution is -2.32. The second-order valence-corrected chi connectivity index (χ2v) is 7.26. The average Bonchev–Trinajstić information content (AvgIpc) is 2.78. The van der Waals surface area contributed by atoms with Crippen LogP contribution in [0.25, 0.3) is 0 Å². The van der Waals surface area contributed by atoms with E-state index < -0.39 is 9.84 Å². The summed E-state index contributed by atoms with van der Waals surface area (Å²) in [5.41, 5.74) is 0. The Balaban J connectivity index is 1.64. The number of sulfone groups is 1. The van der Waals surface area contributed by atoms with Crippen molar-refractivity contribution in [2.24, 2.45) is 0 Å². The maximum Gasteiger partial charge on any atom is 0.154 e. The highest BCUT2D eigenvalue weighted by molar-refractivity contribution is 7.92. The zero-order valence-electron chi connectivity index (χ0n) is 11.7. The van der Waals surface area contributed by atoms with Crippen molar-refractivity contribution in [1.29, 1.82) is 0 Å². The first-order valence-corrected chi connectivity index (χ1v) is 8.52. The summed E-state index contributed by atoms with van der Waals surface area (Å²) in [5, 5.41) is 2.93. The number of ether oxygens (including phenoxy) is 2. The second kappa shape index (κ2) is 6.95. The van der Waals surface area contributed by atoms with Crippen LogP contribution in [0.3, 0.4) is 0 Å². The van der Waals surface area contributed by atoms with Crippen molar-refractivity contribution in [3.63, 3.8) is 0 Å². The minimum absolute atomic E-state index is 0.219. The van der Waals surface area contributed by atoms with Gasteiger partial charge in [0.15, 0.2) is 9.84 Å². The summed E-state index contributed by atoms with van der Waals surface area (Å²) in [5.74, 6) is 1.91. The highest BCUT2D eigenvalue weighted by Gasteiger charge is 2.30. The van der Waals surface area contributed by atoms with E-state index in [-0.39, 0.29) is 5.25 Å². The maximum atomic E-state index is 11.6. The van der Waals surface area contributed by atoms with Crippen molar-refractivity contribution < 1.29 is 17.9 Å². The highest BCUT2D eigenvalue weighted by Crippen LogP contribution is 2.19. The molecule has 1 fully saturated rings. The fraction of sp³-hybridized carbons (Fsp3) is 0.571. The van der Waals surface area contributed by atoms with Gasteiger partial charge in [-0.2, -0.15) is 0 Å². The van der Waals surface area contributed by atoms with Crippen LogP contribution in [0.15, 0.2) is 24.3 Å². The molecule has 1 heterocycles. The van der Waals surface area contributed by atoms with Gasteiger partial charge >= 0.3 is 0 Å². The minimum atomic E-state index is -2.85. The summed E-state index contributed by atoms with van der Waals surface area (Å²) >= 11 is 0. The van der Waals surface area contributed by atoms with Crippen molar-refractivity contribution >= 4 is 9.84 Å². The van der Waals surface area contributed by atoms with E-state index in [1.807, 2.05) is 24.3 Å². The topological polar surface area (TPSA) is 64.6 Å². The summed E-state index contributed by atoms with van der Waals surface area (Å²) in [7, 11) is -1.23. The molecule has 20 heavy (non-hydrogen) atoms. The van der Waals surface area contributed by atoms with Gasteiger partial charge < -0.3 is 14.8 Å². The molecule has 1 N–H and O–H groups in total. The molecule has 1 aromatic rings. The van der Waals surface area contributed by atoms with Crippen molar-refractivity contribution in [3.8, 4) is 11.5 Å². The first kappa shape index (κ1) is 15.1. The third-order valence-electron chi connectivity index (χ3n) is 3.44. The van der Waals surface area contributed by atoms with E-state index in [1.165, 1.54) is 0 Å². The molecule has 0 saturated carbocycles. The number of rotatable bonds is 7. The average molecular weight is 299 g/mol. The van der Waals surface area contributed by atoms with Crippen LogP contribution < -0.4 is 14.8 Å². The summed E-state index contributed by atoms with van der Waals surface area (Å²) in [6.07, 6.45) is 1.56. The molecule has 1 aliphatic heterocycles. The third kappa shape index (κ3) is 4.11. The molecule has 0 aromatic heterocycles. The van der Waals surface area contributed by atoms with Gasteiger partial charge in [0.05, 0.1) is 18.1 Å². The smallest absolute Gasteiger partial charge is 0.154 e. The highest BCUT2D eigenvalue weighted by atomic mass is 32.2. The predicted molar refractivity (Wildman–Crippen MR) is 78.2 cm³/mol. The summed E-state index contributed by atoms with van der Waals surface area (Å²) in [4.78, 5) is 0. The van der Waals surface area contributed by atoms with Crippen molar-refractivity contribution in [1.82, 2.24) is 5.32 Å². The van der Waals surface area contributed by atoms with Gasteiger partial charge in [-0.05, 0) is 37.1 Å². The first-order valence-electron chi connectivity index (χ1n) is 6.81. The van der Waals surface area contributed by atoms with Crippen LogP contribution in [0.2, 0.25) is 0 Å². The minimum Gasteiger partial charge on any atom is -0.497 e. The van der Waals surface area contributed by atoms with Crippen molar-refractivity contribution in [2.75, 3.05) is 32.6 Å². The van der Waals surface area contributed by atoms with Crippen LogP contribution in [0.1, 0.15) is 12.8 Å². The Hall–Kier alpha value is -1.27. The van der Waals surface area contributed by atoms with E-state index in [0.29, 0.717) is 25.4 Å². The molecule has 1 atom stereocenters. The van der Waals surface area contributed by atoms with Crippen LogP contribution in [0, 0.1) is 0 Å². The number of hydrogen-bond donors (Lipinski definition) is 1. The maximum absolute atomic E-state index is 11.6. The summed E-state index contributed by atoms with van der Waals surface area (Å²) < 4.78 is 33.9. The Morgan fingerprint density at radius 2 is 1.95 bits per heavy atom. The molecule has 6 heteroatoms. The predicted octanol–water partition coefficient (Wildman–Crippen LogP) is 1.24. The van der Waals surface area contributed by atoms with Gasteiger partial charge in [-0.15, -0.1) is 0 Å². The monoisotopic (exact) mass is 299 g/mol. The molecule has 112 valence electrons. The van der Waals surface area contributed by atoms with Crippen molar-refractivity contribution in [2.45, 2.75) is 18.1 Å². The lowest BCUT2D eigenvalue weighted by molar-refractivity contribution is 0.313. The van der Waals surface area contributed by atoms with Crippen molar-refractivity contribution in [3.05, 3.63) is 24.3 Å². The fourth-order valence-corrected chi connectivity index (χ4v) is 4.06. The molecule has 1 aromatic carbocycles. The number of nitrogens with one attached hydrogen (secondary N) is 1. The second-order valence-electron chi connectivity index (χ2n) is 4.86. The van der Waals surface area contributed by atoms with Crippen LogP contribution in [0.4, 0.5) is 0 Å². The van der Waals surface area contributed by atoms with Crippen LogP contribution >= 0.6 is 0 Å². The van der Waals surface area contributed by atoms with Gasteiger partial charge in [-0.25, -0.2) is 8.42 Å². The molecule has 0 spiro atoms. The van der Waals surface area contributed by atoms with Gasteiger partial charge in [-0.1, -0.05) is 0 Å². The van der Waals surface area contributed by atoms with Crippen LogP contribution in [-0.4, -0.2) is 46.2 Å². The molecular formula is C14H21NO4S. The van der Waals surface area contributed by atoms with Gasteiger partial charge in [0.2, 0.25) is 0 Å². The van der Waals surface area contributed by atoms with E-state index in [2.05, 4.69) is 5.32 Å². The third-order valence-corrected chi connectivity index (χ3v) is 5.72.